The molecule has 2 rings (SSSR count). The van der Waals surface area contributed by atoms with Gasteiger partial charge in [-0.3, -0.25) is 0 Å². The van der Waals surface area contributed by atoms with Crippen molar-refractivity contribution in [2.75, 3.05) is 0 Å². The molecule has 0 amide bonds. The van der Waals surface area contributed by atoms with Crippen LogP contribution in [0.3, 0.4) is 0 Å². The van der Waals surface area contributed by atoms with Crippen LogP contribution in [-0.4, -0.2) is 21.3 Å². The molecule has 4 nitrogen and oxygen atoms in total. The number of fused-ring (bicyclic) bond motifs is 1. The van der Waals surface area contributed by atoms with Crippen molar-refractivity contribution in [2.24, 2.45) is 0 Å². The topological polar surface area (TPSA) is 64.6 Å². The van der Waals surface area contributed by atoms with Crippen LogP contribution in [0.15, 0.2) is 0 Å². The third kappa shape index (κ3) is 1.04. The lowest BCUT2D eigenvalue weighted by Gasteiger charge is -2.47. The minimum absolute atomic E-state index is 0.190. The molecule has 0 N–H and O–H groups in total. The Morgan fingerprint density at radius 1 is 1.10 bits per heavy atom. The first kappa shape index (κ1) is 6.87. The Kier molecular flexibility index (Phi) is 1.43. The van der Waals surface area contributed by atoms with E-state index >= 15 is 0 Å². The lowest BCUT2D eigenvalue weighted by atomic mass is 10.3. The lowest BCUT2D eigenvalue weighted by Crippen LogP contribution is -2.13. The molecule has 2 aliphatic rings. The predicted molar refractivity (Wildman–Crippen MR) is 32.7 cm³/mol. The summed E-state index contributed by atoms with van der Waals surface area (Å²) >= 11 is -3.61. The van der Waals surface area contributed by atoms with Gasteiger partial charge in [0, 0.05) is 0 Å². The maximum Gasteiger partial charge on any atom is 0.0973 e. The highest BCUT2D eigenvalue weighted by atomic mass is 32.3. The molecular formula is C5H8O4S-2. The normalized spacial score (nSPS) is 47.0. The van der Waals surface area contributed by atoms with Gasteiger partial charge in [-0.2, -0.15) is 11.2 Å². The number of hydrogen-bond donors (Lipinski definition) is 0. The average Bonchev–Trinajstić information content (AvgIpc) is 2.20. The molecule has 0 aromatic carbocycles. The molecule has 5 heteroatoms. The molecule has 10 heavy (non-hydrogen) atoms. The van der Waals surface area contributed by atoms with Crippen molar-refractivity contribution in [1.82, 2.24) is 0 Å². The van der Waals surface area contributed by atoms with Crippen LogP contribution >= 0.6 is 11.2 Å². The second kappa shape index (κ2) is 2.09. The Balaban J connectivity index is 2.07. The van der Waals surface area contributed by atoms with Crippen LogP contribution in [0.25, 0.3) is 0 Å². The first-order chi connectivity index (χ1) is 4.67. The summed E-state index contributed by atoms with van der Waals surface area (Å²) in [5.74, 6) is 0. The van der Waals surface area contributed by atoms with E-state index in [9.17, 15) is 9.11 Å². The van der Waals surface area contributed by atoms with Gasteiger partial charge < -0.3 is 17.5 Å². The molecule has 0 aromatic rings. The minimum atomic E-state index is -3.61. The molecule has 0 aromatic heterocycles. The molecule has 60 valence electrons. The van der Waals surface area contributed by atoms with Gasteiger partial charge in [0.25, 0.3) is 0 Å². The zero-order valence-corrected chi connectivity index (χ0v) is 6.13. The van der Waals surface area contributed by atoms with Crippen molar-refractivity contribution in [2.45, 2.75) is 31.5 Å². The standard InChI is InChI=1S/C5H10O4S/c6-10(7)8-4-2-1-3-5(4)9-10/h4-7H,1-3H2/p-2. The summed E-state index contributed by atoms with van der Waals surface area (Å²) in [5.41, 5.74) is 0. The van der Waals surface area contributed by atoms with Gasteiger partial charge in [-0.05, 0) is 19.3 Å². The quantitative estimate of drug-likeness (QED) is 0.532. The highest BCUT2D eigenvalue weighted by molar-refractivity contribution is 8.16. The Labute approximate surface area is 60.9 Å². The summed E-state index contributed by atoms with van der Waals surface area (Å²) < 4.78 is 30.4. The highest BCUT2D eigenvalue weighted by Crippen LogP contribution is 2.54. The van der Waals surface area contributed by atoms with Crippen LogP contribution in [0, 0.1) is 0 Å². The highest BCUT2D eigenvalue weighted by Gasteiger charge is 2.36. The maximum absolute atomic E-state index is 10.6. The van der Waals surface area contributed by atoms with Crippen LogP contribution in [0.1, 0.15) is 19.3 Å². The van der Waals surface area contributed by atoms with E-state index in [0.29, 0.717) is 0 Å². The fourth-order valence-corrected chi connectivity index (χ4v) is 2.53. The van der Waals surface area contributed by atoms with Crippen LogP contribution in [-0.2, 0) is 8.37 Å². The molecule has 2 fully saturated rings. The van der Waals surface area contributed by atoms with E-state index in [2.05, 4.69) is 8.37 Å². The first-order valence-corrected chi connectivity index (χ1v) is 4.62. The molecule has 1 heterocycles. The molecule has 0 spiro atoms. The number of hydrogen-bond acceptors (Lipinski definition) is 4. The van der Waals surface area contributed by atoms with Crippen molar-refractivity contribution in [1.29, 1.82) is 0 Å². The Hall–Kier alpha value is 0.190. The van der Waals surface area contributed by atoms with Crippen molar-refractivity contribution >= 4 is 11.2 Å². The second-order valence-corrected chi connectivity index (χ2v) is 3.81. The SMILES string of the molecule is [O-]S1([O-])OC2CCCC2O1. The van der Waals surface area contributed by atoms with Gasteiger partial charge in [-0.25, -0.2) is 0 Å². The van der Waals surface area contributed by atoms with Gasteiger partial charge in [0.15, 0.2) is 0 Å². The minimum Gasteiger partial charge on any atom is -0.783 e. The summed E-state index contributed by atoms with van der Waals surface area (Å²) in [6.07, 6.45) is 2.24. The molecule has 2 unspecified atom stereocenters. The van der Waals surface area contributed by atoms with Crippen molar-refractivity contribution < 1.29 is 17.5 Å². The van der Waals surface area contributed by atoms with Crippen LogP contribution in [0.2, 0.25) is 0 Å². The first-order valence-electron chi connectivity index (χ1n) is 3.29. The van der Waals surface area contributed by atoms with Crippen LogP contribution < -0.4 is 0 Å². The molecule has 1 aliphatic carbocycles. The molecule has 1 aliphatic heterocycles. The van der Waals surface area contributed by atoms with E-state index in [1.807, 2.05) is 0 Å². The van der Waals surface area contributed by atoms with Gasteiger partial charge in [0.1, 0.15) is 0 Å². The third-order valence-electron chi connectivity index (χ3n) is 1.87. The van der Waals surface area contributed by atoms with E-state index in [-0.39, 0.29) is 12.2 Å². The summed E-state index contributed by atoms with van der Waals surface area (Å²) in [6, 6.07) is 0. The van der Waals surface area contributed by atoms with Crippen molar-refractivity contribution in [3.05, 3.63) is 0 Å². The van der Waals surface area contributed by atoms with Crippen molar-refractivity contribution in [3.63, 3.8) is 0 Å². The fraction of sp³-hybridized carbons (Fsp3) is 1.00. The van der Waals surface area contributed by atoms with Crippen LogP contribution in [0.4, 0.5) is 0 Å². The summed E-state index contributed by atoms with van der Waals surface area (Å²) in [6.45, 7) is 0. The predicted octanol–water partition coefficient (Wildman–Crippen LogP) is 0.850. The monoisotopic (exact) mass is 164 g/mol. The molecule has 0 bridgehead atoms. The molecule has 2 atom stereocenters. The van der Waals surface area contributed by atoms with E-state index in [1.54, 1.807) is 0 Å². The molecule has 1 saturated carbocycles. The van der Waals surface area contributed by atoms with Gasteiger partial charge in [-0.1, -0.05) is 0 Å². The zero-order chi connectivity index (χ0) is 7.19. The summed E-state index contributed by atoms with van der Waals surface area (Å²) in [4.78, 5) is 0. The van der Waals surface area contributed by atoms with Gasteiger partial charge in [0.2, 0.25) is 0 Å². The largest absolute Gasteiger partial charge is 0.783 e. The fourth-order valence-electron chi connectivity index (χ4n) is 1.44. The van der Waals surface area contributed by atoms with Gasteiger partial charge in [0.05, 0.1) is 12.2 Å². The molecular weight excluding hydrogens is 156 g/mol. The smallest absolute Gasteiger partial charge is 0.0973 e. The Morgan fingerprint density at radius 3 is 2.10 bits per heavy atom. The summed E-state index contributed by atoms with van der Waals surface area (Å²) in [7, 11) is 0. The van der Waals surface area contributed by atoms with E-state index in [4.69, 9.17) is 0 Å². The molecule has 0 radical (unpaired) electrons. The third-order valence-corrected chi connectivity index (χ3v) is 2.84. The Bertz CT molecular complexity index is 135. The van der Waals surface area contributed by atoms with Gasteiger partial charge in [-0.15, -0.1) is 0 Å². The van der Waals surface area contributed by atoms with E-state index in [1.165, 1.54) is 0 Å². The Morgan fingerprint density at radius 2 is 1.60 bits per heavy atom. The second-order valence-electron chi connectivity index (χ2n) is 2.61. The maximum atomic E-state index is 10.6. The lowest BCUT2D eigenvalue weighted by molar-refractivity contribution is 0.187. The van der Waals surface area contributed by atoms with Crippen LogP contribution in [0.5, 0.6) is 0 Å². The van der Waals surface area contributed by atoms with Crippen molar-refractivity contribution in [3.8, 4) is 0 Å². The van der Waals surface area contributed by atoms with E-state index < -0.39 is 11.2 Å². The van der Waals surface area contributed by atoms with E-state index in [0.717, 1.165) is 19.3 Å². The average molecular weight is 164 g/mol. The summed E-state index contributed by atoms with van der Waals surface area (Å²) in [5, 5.41) is 0. The van der Waals surface area contributed by atoms with Gasteiger partial charge >= 0.3 is 0 Å². The molecule has 1 saturated heterocycles. The number of rotatable bonds is 0. The zero-order valence-electron chi connectivity index (χ0n) is 5.32.